The van der Waals surface area contributed by atoms with Gasteiger partial charge in [0.2, 0.25) is 0 Å². The van der Waals surface area contributed by atoms with Crippen molar-refractivity contribution in [1.29, 1.82) is 5.26 Å². The van der Waals surface area contributed by atoms with E-state index in [9.17, 15) is 0 Å². The average molecular weight is 224 g/mol. The van der Waals surface area contributed by atoms with Crippen LogP contribution in [0.25, 0.3) is 0 Å². The van der Waals surface area contributed by atoms with Crippen molar-refractivity contribution in [2.45, 2.75) is 6.92 Å². The first-order chi connectivity index (χ1) is 7.78. The average Bonchev–Trinajstić information content (AvgIpc) is 2.73. The van der Waals surface area contributed by atoms with Crippen molar-refractivity contribution in [3.63, 3.8) is 0 Å². The van der Waals surface area contributed by atoms with Crippen molar-refractivity contribution in [2.24, 2.45) is 0 Å². The van der Waals surface area contributed by atoms with Gasteiger partial charge in [0, 0.05) is 10.9 Å². The second kappa shape index (κ2) is 4.61. The largest absolute Gasteiger partial charge is 0.233 e. The van der Waals surface area contributed by atoms with Gasteiger partial charge in [-0.05, 0) is 31.0 Å². The quantitative estimate of drug-likeness (QED) is 0.645. The first-order valence-corrected chi connectivity index (χ1v) is 5.60. The van der Waals surface area contributed by atoms with Gasteiger partial charge in [-0.25, -0.2) is 4.98 Å². The molecule has 0 amide bonds. The molecule has 0 saturated heterocycles. The molecule has 3 heteroatoms. The van der Waals surface area contributed by atoms with Crippen molar-refractivity contribution in [3.8, 4) is 17.9 Å². The second-order valence-corrected chi connectivity index (χ2v) is 4.26. The van der Waals surface area contributed by atoms with E-state index in [0.29, 0.717) is 5.56 Å². The van der Waals surface area contributed by atoms with E-state index >= 15 is 0 Å². The topological polar surface area (TPSA) is 36.7 Å². The van der Waals surface area contributed by atoms with E-state index in [-0.39, 0.29) is 0 Å². The first-order valence-electron chi connectivity index (χ1n) is 4.72. The summed E-state index contributed by atoms with van der Waals surface area (Å²) >= 11 is 1.58. The summed E-state index contributed by atoms with van der Waals surface area (Å²) < 4.78 is 0. The lowest BCUT2D eigenvalue weighted by atomic mass is 10.1. The lowest BCUT2D eigenvalue weighted by Gasteiger charge is -1.89. The Morgan fingerprint density at radius 1 is 1.25 bits per heavy atom. The van der Waals surface area contributed by atoms with Crippen molar-refractivity contribution >= 4 is 11.3 Å². The van der Waals surface area contributed by atoms with Crippen LogP contribution in [0.1, 0.15) is 21.8 Å². The van der Waals surface area contributed by atoms with Crippen LogP contribution in [0, 0.1) is 30.1 Å². The molecular weight excluding hydrogens is 216 g/mol. The standard InChI is InChI=1S/C13H8N2S/c1-10-15-13(9-16-10)6-5-11-3-2-4-12(7-11)8-14/h2-4,7,9H,1H3. The van der Waals surface area contributed by atoms with E-state index in [1.807, 2.05) is 24.4 Å². The van der Waals surface area contributed by atoms with Gasteiger partial charge in [0.15, 0.2) is 0 Å². The fourth-order valence-electron chi connectivity index (χ4n) is 1.22. The van der Waals surface area contributed by atoms with E-state index in [0.717, 1.165) is 16.3 Å². The molecule has 0 bridgehead atoms. The maximum absolute atomic E-state index is 8.74. The Morgan fingerprint density at radius 2 is 2.06 bits per heavy atom. The summed E-state index contributed by atoms with van der Waals surface area (Å²) in [5.74, 6) is 5.97. The summed E-state index contributed by atoms with van der Waals surface area (Å²) in [5, 5.41) is 11.7. The molecule has 2 aromatic rings. The highest BCUT2D eigenvalue weighted by molar-refractivity contribution is 7.09. The zero-order chi connectivity index (χ0) is 11.4. The van der Waals surface area contributed by atoms with Crippen LogP contribution < -0.4 is 0 Å². The molecule has 2 rings (SSSR count). The highest BCUT2D eigenvalue weighted by atomic mass is 32.1. The summed E-state index contributed by atoms with van der Waals surface area (Å²) in [6.07, 6.45) is 0. The van der Waals surface area contributed by atoms with Gasteiger partial charge in [0.25, 0.3) is 0 Å². The van der Waals surface area contributed by atoms with Crippen LogP contribution in [0.15, 0.2) is 29.6 Å². The van der Waals surface area contributed by atoms with Crippen LogP contribution >= 0.6 is 11.3 Å². The molecule has 1 aromatic heterocycles. The number of aromatic nitrogens is 1. The van der Waals surface area contributed by atoms with E-state index in [1.54, 1.807) is 23.5 Å². The van der Waals surface area contributed by atoms with E-state index in [1.165, 1.54) is 0 Å². The highest BCUT2D eigenvalue weighted by Crippen LogP contribution is 2.07. The van der Waals surface area contributed by atoms with Gasteiger partial charge < -0.3 is 0 Å². The Labute approximate surface area is 98.2 Å². The van der Waals surface area contributed by atoms with Crippen LogP contribution in [0.5, 0.6) is 0 Å². The third-order valence-electron chi connectivity index (χ3n) is 1.95. The fraction of sp³-hybridized carbons (Fsp3) is 0.0769. The Hall–Kier alpha value is -2.10. The van der Waals surface area contributed by atoms with Crippen molar-refractivity contribution in [2.75, 3.05) is 0 Å². The molecule has 0 atom stereocenters. The Bertz CT molecular complexity index is 609. The van der Waals surface area contributed by atoms with Crippen molar-refractivity contribution in [3.05, 3.63) is 51.5 Å². The molecule has 0 unspecified atom stereocenters. The number of rotatable bonds is 0. The molecule has 0 aliphatic carbocycles. The van der Waals surface area contributed by atoms with Gasteiger partial charge in [0.05, 0.1) is 16.6 Å². The molecule has 0 radical (unpaired) electrons. The molecule has 0 spiro atoms. The number of hydrogen-bond donors (Lipinski definition) is 0. The van der Waals surface area contributed by atoms with Crippen LogP contribution in [0.2, 0.25) is 0 Å². The molecule has 0 aliphatic rings. The summed E-state index contributed by atoms with van der Waals surface area (Å²) in [5.41, 5.74) is 2.25. The maximum Gasteiger partial charge on any atom is 0.124 e. The van der Waals surface area contributed by atoms with Crippen molar-refractivity contribution < 1.29 is 0 Å². The Kier molecular flexibility index (Phi) is 3.00. The molecule has 2 nitrogen and oxygen atoms in total. The molecule has 0 saturated carbocycles. The Balaban J connectivity index is 2.27. The van der Waals surface area contributed by atoms with Crippen molar-refractivity contribution in [1.82, 2.24) is 4.98 Å². The summed E-state index contributed by atoms with van der Waals surface area (Å²) in [4.78, 5) is 4.25. The molecule has 1 aromatic carbocycles. The summed E-state index contributed by atoms with van der Waals surface area (Å²) in [7, 11) is 0. The smallest absolute Gasteiger partial charge is 0.124 e. The molecule has 76 valence electrons. The SMILES string of the molecule is Cc1nc(C#Cc2cccc(C#N)c2)cs1. The number of hydrogen-bond acceptors (Lipinski definition) is 3. The van der Waals surface area contributed by atoms with E-state index < -0.39 is 0 Å². The molecule has 16 heavy (non-hydrogen) atoms. The van der Waals surface area contributed by atoms with E-state index in [2.05, 4.69) is 22.9 Å². The number of nitriles is 1. The lowest BCUT2D eigenvalue weighted by molar-refractivity contribution is 1.27. The van der Waals surface area contributed by atoms with Gasteiger partial charge >= 0.3 is 0 Å². The number of thiazole rings is 1. The first kappa shape index (κ1) is 10.4. The highest BCUT2D eigenvalue weighted by Gasteiger charge is 1.93. The predicted molar refractivity (Wildman–Crippen MR) is 64.0 cm³/mol. The molecule has 0 aliphatic heterocycles. The van der Waals surface area contributed by atoms with Crippen LogP contribution in [0.3, 0.4) is 0 Å². The third-order valence-corrected chi connectivity index (χ3v) is 2.72. The van der Waals surface area contributed by atoms with Gasteiger partial charge in [0.1, 0.15) is 5.69 Å². The summed E-state index contributed by atoms with van der Waals surface area (Å²) in [6, 6.07) is 9.33. The van der Waals surface area contributed by atoms with E-state index in [4.69, 9.17) is 5.26 Å². The molecule has 0 fully saturated rings. The Morgan fingerprint density at radius 3 is 2.75 bits per heavy atom. The number of benzene rings is 1. The third kappa shape index (κ3) is 2.48. The van der Waals surface area contributed by atoms with Crippen LogP contribution in [-0.4, -0.2) is 4.98 Å². The summed E-state index contributed by atoms with van der Waals surface area (Å²) in [6.45, 7) is 1.95. The lowest BCUT2D eigenvalue weighted by Crippen LogP contribution is -1.78. The van der Waals surface area contributed by atoms with Crippen LogP contribution in [0.4, 0.5) is 0 Å². The van der Waals surface area contributed by atoms with Gasteiger partial charge in [-0.3, -0.25) is 0 Å². The van der Waals surface area contributed by atoms with Crippen LogP contribution in [-0.2, 0) is 0 Å². The number of nitrogens with zero attached hydrogens (tertiary/aromatic N) is 2. The second-order valence-electron chi connectivity index (χ2n) is 3.19. The molecule has 0 N–H and O–H groups in total. The minimum atomic E-state index is 0.626. The normalized spacial score (nSPS) is 9.00. The zero-order valence-electron chi connectivity index (χ0n) is 8.69. The van der Waals surface area contributed by atoms with Gasteiger partial charge in [-0.1, -0.05) is 12.0 Å². The fourth-order valence-corrected chi connectivity index (χ4v) is 1.77. The predicted octanol–water partition coefficient (Wildman–Crippen LogP) is 2.72. The van der Waals surface area contributed by atoms with Gasteiger partial charge in [-0.15, -0.1) is 11.3 Å². The minimum Gasteiger partial charge on any atom is -0.233 e. The van der Waals surface area contributed by atoms with Gasteiger partial charge in [-0.2, -0.15) is 5.26 Å². The zero-order valence-corrected chi connectivity index (χ0v) is 9.51. The molecule has 1 heterocycles. The maximum atomic E-state index is 8.74. The minimum absolute atomic E-state index is 0.626. The number of aryl methyl sites for hydroxylation is 1. The monoisotopic (exact) mass is 224 g/mol. The molecular formula is C13H8N2S.